The normalized spacial score (nSPS) is 21.2. The second-order valence-electron chi connectivity index (χ2n) is 8.00. The molecular weight excluding hydrogens is 387 g/mol. The topological polar surface area (TPSA) is 128 Å². The zero-order valence-electron chi connectivity index (χ0n) is 17.0. The standard InChI is InChI=1S/C21H27FN6O2/c1-30-21-13(11-6-7-11)8-12(10-25-21)26-19-14(18(24)29)9-15(22)20(28-19)27-17-5-3-2-4-16(17)23/h8-11,16-17H,2-7,23H2,1H3,(H2,24,29)(H2,26,27,28)/t16-,17+/m0/s1. The van der Waals surface area contributed by atoms with E-state index in [0.717, 1.165) is 50.2 Å². The average Bonchev–Trinajstić information content (AvgIpc) is 3.57. The van der Waals surface area contributed by atoms with E-state index in [2.05, 4.69) is 20.6 Å². The van der Waals surface area contributed by atoms with E-state index in [1.54, 1.807) is 13.3 Å². The molecule has 9 heteroatoms. The van der Waals surface area contributed by atoms with Gasteiger partial charge >= 0.3 is 0 Å². The van der Waals surface area contributed by atoms with Crippen LogP contribution in [0.2, 0.25) is 0 Å². The summed E-state index contributed by atoms with van der Waals surface area (Å²) in [5, 5.41) is 6.19. The van der Waals surface area contributed by atoms with Crippen molar-refractivity contribution in [2.75, 3.05) is 17.7 Å². The molecule has 0 aromatic carbocycles. The number of nitrogens with one attached hydrogen (secondary N) is 2. The highest BCUT2D eigenvalue weighted by Crippen LogP contribution is 2.44. The van der Waals surface area contributed by atoms with Crippen LogP contribution in [0.15, 0.2) is 18.3 Å². The Bertz CT molecular complexity index is 949. The monoisotopic (exact) mass is 414 g/mol. The van der Waals surface area contributed by atoms with Gasteiger partial charge in [-0.2, -0.15) is 0 Å². The van der Waals surface area contributed by atoms with Crippen LogP contribution in [-0.2, 0) is 0 Å². The molecule has 8 nitrogen and oxygen atoms in total. The van der Waals surface area contributed by atoms with Gasteiger partial charge in [-0.25, -0.2) is 14.4 Å². The number of anilines is 3. The number of aromatic nitrogens is 2. The molecule has 0 radical (unpaired) electrons. The largest absolute Gasteiger partial charge is 0.481 e. The van der Waals surface area contributed by atoms with Crippen LogP contribution in [-0.4, -0.2) is 35.1 Å². The Kier molecular flexibility index (Phi) is 5.72. The van der Waals surface area contributed by atoms with Crippen LogP contribution in [0.4, 0.5) is 21.7 Å². The van der Waals surface area contributed by atoms with Crippen molar-refractivity contribution in [3.05, 3.63) is 35.3 Å². The fourth-order valence-electron chi connectivity index (χ4n) is 3.92. The molecule has 2 saturated carbocycles. The maximum atomic E-state index is 14.7. The summed E-state index contributed by atoms with van der Waals surface area (Å²) in [6, 6.07) is 2.88. The second kappa shape index (κ2) is 8.43. The molecule has 4 rings (SSSR count). The molecule has 2 aromatic heterocycles. The molecule has 0 saturated heterocycles. The molecule has 2 atom stereocenters. The number of rotatable bonds is 7. The minimum Gasteiger partial charge on any atom is -0.481 e. The maximum absolute atomic E-state index is 14.7. The van der Waals surface area contributed by atoms with E-state index < -0.39 is 11.7 Å². The molecule has 2 aromatic rings. The number of nitrogens with two attached hydrogens (primary N) is 2. The van der Waals surface area contributed by atoms with Gasteiger partial charge in [-0.15, -0.1) is 0 Å². The minimum atomic E-state index is -0.770. The number of nitrogens with zero attached hydrogens (tertiary/aromatic N) is 2. The summed E-state index contributed by atoms with van der Waals surface area (Å²) in [6.45, 7) is 0. The van der Waals surface area contributed by atoms with E-state index in [1.165, 1.54) is 0 Å². The number of primary amides is 1. The third-order valence-corrected chi connectivity index (χ3v) is 5.74. The molecule has 2 aliphatic rings. The molecule has 0 unspecified atom stereocenters. The number of halogens is 1. The van der Waals surface area contributed by atoms with Crippen molar-refractivity contribution in [1.29, 1.82) is 0 Å². The van der Waals surface area contributed by atoms with Gasteiger partial charge in [-0.1, -0.05) is 12.8 Å². The van der Waals surface area contributed by atoms with Gasteiger partial charge in [0.25, 0.3) is 5.91 Å². The number of carbonyl (C=O) groups is 1. The quantitative estimate of drug-likeness (QED) is 0.548. The van der Waals surface area contributed by atoms with Crippen molar-refractivity contribution in [2.24, 2.45) is 11.5 Å². The van der Waals surface area contributed by atoms with Gasteiger partial charge in [0.15, 0.2) is 11.6 Å². The van der Waals surface area contributed by atoms with E-state index in [9.17, 15) is 9.18 Å². The van der Waals surface area contributed by atoms with E-state index >= 15 is 0 Å². The molecule has 1 amide bonds. The number of hydrogen-bond acceptors (Lipinski definition) is 7. The Morgan fingerprint density at radius 2 is 1.97 bits per heavy atom. The first-order valence-electron chi connectivity index (χ1n) is 10.3. The molecule has 2 aliphatic carbocycles. The lowest BCUT2D eigenvalue weighted by Crippen LogP contribution is -2.43. The predicted octanol–water partition coefficient (Wildman–Crippen LogP) is 3.03. The summed E-state index contributed by atoms with van der Waals surface area (Å²) >= 11 is 0. The number of hydrogen-bond donors (Lipinski definition) is 4. The molecule has 2 fully saturated rings. The van der Waals surface area contributed by atoms with Crippen molar-refractivity contribution >= 4 is 23.2 Å². The van der Waals surface area contributed by atoms with Crippen LogP contribution in [0.1, 0.15) is 60.4 Å². The third-order valence-electron chi connectivity index (χ3n) is 5.74. The van der Waals surface area contributed by atoms with Crippen LogP contribution in [0.3, 0.4) is 0 Å². The van der Waals surface area contributed by atoms with Crippen LogP contribution >= 0.6 is 0 Å². The highest BCUT2D eigenvalue weighted by molar-refractivity contribution is 5.98. The summed E-state index contributed by atoms with van der Waals surface area (Å²) < 4.78 is 20.0. The van der Waals surface area contributed by atoms with Crippen LogP contribution in [0, 0.1) is 5.82 Å². The second-order valence-corrected chi connectivity index (χ2v) is 8.00. The predicted molar refractivity (Wildman–Crippen MR) is 113 cm³/mol. The maximum Gasteiger partial charge on any atom is 0.252 e. The molecule has 0 spiro atoms. The zero-order valence-corrected chi connectivity index (χ0v) is 17.0. The van der Waals surface area contributed by atoms with E-state index in [-0.39, 0.29) is 29.3 Å². The Morgan fingerprint density at radius 1 is 1.20 bits per heavy atom. The zero-order chi connectivity index (χ0) is 21.3. The average molecular weight is 414 g/mol. The fourth-order valence-corrected chi connectivity index (χ4v) is 3.92. The third kappa shape index (κ3) is 4.30. The first-order valence-corrected chi connectivity index (χ1v) is 10.3. The van der Waals surface area contributed by atoms with Gasteiger partial charge in [0.05, 0.1) is 24.6 Å². The van der Waals surface area contributed by atoms with Gasteiger partial charge in [-0.05, 0) is 43.7 Å². The number of pyridine rings is 2. The highest BCUT2D eigenvalue weighted by Gasteiger charge is 2.28. The smallest absolute Gasteiger partial charge is 0.252 e. The van der Waals surface area contributed by atoms with Gasteiger partial charge < -0.3 is 26.8 Å². The lowest BCUT2D eigenvalue weighted by molar-refractivity contribution is 0.100. The lowest BCUT2D eigenvalue weighted by Gasteiger charge is -2.30. The number of ether oxygens (including phenoxy) is 1. The molecule has 30 heavy (non-hydrogen) atoms. The van der Waals surface area contributed by atoms with E-state index in [1.807, 2.05) is 6.07 Å². The van der Waals surface area contributed by atoms with Gasteiger partial charge in [0.2, 0.25) is 5.88 Å². The highest BCUT2D eigenvalue weighted by atomic mass is 19.1. The van der Waals surface area contributed by atoms with E-state index in [0.29, 0.717) is 17.5 Å². The van der Waals surface area contributed by atoms with Crippen LogP contribution in [0.25, 0.3) is 0 Å². The molecule has 2 heterocycles. The molecule has 6 N–H and O–H groups in total. The fraction of sp³-hybridized carbons (Fsp3) is 0.476. The van der Waals surface area contributed by atoms with Crippen molar-refractivity contribution < 1.29 is 13.9 Å². The van der Waals surface area contributed by atoms with Crippen LogP contribution in [0.5, 0.6) is 5.88 Å². The Morgan fingerprint density at radius 3 is 2.63 bits per heavy atom. The van der Waals surface area contributed by atoms with Crippen molar-refractivity contribution in [3.8, 4) is 5.88 Å². The minimum absolute atomic E-state index is 0.0326. The molecule has 0 bridgehead atoms. The van der Waals surface area contributed by atoms with E-state index in [4.69, 9.17) is 16.2 Å². The summed E-state index contributed by atoms with van der Waals surface area (Å²) in [5.41, 5.74) is 13.2. The summed E-state index contributed by atoms with van der Waals surface area (Å²) in [7, 11) is 1.59. The summed E-state index contributed by atoms with van der Waals surface area (Å²) in [6.07, 6.45) is 7.57. The van der Waals surface area contributed by atoms with Crippen molar-refractivity contribution in [2.45, 2.75) is 56.5 Å². The van der Waals surface area contributed by atoms with Gasteiger partial charge in [0, 0.05) is 17.6 Å². The number of methoxy groups -OCH3 is 1. The Labute approximate surface area is 174 Å². The molecular formula is C21H27FN6O2. The van der Waals surface area contributed by atoms with Crippen LogP contribution < -0.4 is 26.8 Å². The number of carbonyl (C=O) groups excluding carboxylic acids is 1. The number of amides is 1. The Hall–Kier alpha value is -2.94. The van der Waals surface area contributed by atoms with Gasteiger partial charge in [0.1, 0.15) is 5.82 Å². The SMILES string of the molecule is COc1ncc(Nc2nc(N[C@@H]3CCCC[C@@H]3N)c(F)cc2C(N)=O)cc1C1CC1. The Balaban J connectivity index is 1.64. The summed E-state index contributed by atoms with van der Waals surface area (Å²) in [5.74, 6) is -0.194. The summed E-state index contributed by atoms with van der Waals surface area (Å²) in [4.78, 5) is 20.6. The molecule has 160 valence electrons. The van der Waals surface area contributed by atoms with Crippen molar-refractivity contribution in [1.82, 2.24) is 9.97 Å². The van der Waals surface area contributed by atoms with Crippen molar-refractivity contribution in [3.63, 3.8) is 0 Å². The molecule has 0 aliphatic heterocycles. The first-order chi connectivity index (χ1) is 14.5. The van der Waals surface area contributed by atoms with Gasteiger partial charge in [-0.3, -0.25) is 4.79 Å². The lowest BCUT2D eigenvalue weighted by atomic mass is 9.91. The first kappa shape index (κ1) is 20.3.